The number of amides is 1. The molecule has 0 aromatic heterocycles. The van der Waals surface area contributed by atoms with Crippen molar-refractivity contribution >= 4 is 5.91 Å². The van der Waals surface area contributed by atoms with Gasteiger partial charge in [-0.1, -0.05) is 12.8 Å². The summed E-state index contributed by atoms with van der Waals surface area (Å²) in [4.78, 5) is 14.1. The molecule has 1 saturated heterocycles. The highest BCUT2D eigenvalue weighted by atomic mass is 16.2. The molecule has 1 amide bonds. The highest BCUT2D eigenvalue weighted by molar-refractivity contribution is 5.78. The molecule has 1 heterocycles. The second kappa shape index (κ2) is 6.36. The van der Waals surface area contributed by atoms with Crippen LogP contribution in [0.5, 0.6) is 0 Å². The van der Waals surface area contributed by atoms with Crippen LogP contribution in [0.3, 0.4) is 0 Å². The van der Waals surface area contributed by atoms with E-state index in [-0.39, 0.29) is 5.91 Å². The fourth-order valence-corrected chi connectivity index (χ4v) is 2.80. The third kappa shape index (κ3) is 4.28. The maximum absolute atomic E-state index is 11.7. The summed E-state index contributed by atoms with van der Waals surface area (Å²) in [5.41, 5.74) is 0. The third-order valence-electron chi connectivity index (χ3n) is 3.99. The molecule has 2 N–H and O–H groups in total. The number of likely N-dealkylation sites (tertiary alicyclic amines) is 1. The van der Waals surface area contributed by atoms with E-state index >= 15 is 0 Å². The van der Waals surface area contributed by atoms with Crippen molar-refractivity contribution in [3.63, 3.8) is 0 Å². The summed E-state index contributed by atoms with van der Waals surface area (Å²) in [5.74, 6) is 0.177. The molecule has 17 heavy (non-hydrogen) atoms. The van der Waals surface area contributed by atoms with Crippen LogP contribution < -0.4 is 10.6 Å². The summed E-state index contributed by atoms with van der Waals surface area (Å²) < 4.78 is 0. The molecule has 2 aliphatic rings. The predicted octanol–water partition coefficient (Wildman–Crippen LogP) is 0.729. The van der Waals surface area contributed by atoms with E-state index in [9.17, 15) is 4.79 Å². The first-order valence-corrected chi connectivity index (χ1v) is 6.95. The summed E-state index contributed by atoms with van der Waals surface area (Å²) in [5, 5.41) is 6.49. The lowest BCUT2D eigenvalue weighted by atomic mass is 10.1. The zero-order valence-corrected chi connectivity index (χ0v) is 10.9. The Kier molecular flexibility index (Phi) is 4.80. The van der Waals surface area contributed by atoms with Gasteiger partial charge in [0.15, 0.2) is 0 Å². The predicted molar refractivity (Wildman–Crippen MR) is 68.9 cm³/mol. The number of piperidine rings is 1. The van der Waals surface area contributed by atoms with Crippen LogP contribution in [0.2, 0.25) is 0 Å². The maximum atomic E-state index is 11.7. The van der Waals surface area contributed by atoms with Gasteiger partial charge >= 0.3 is 0 Å². The fraction of sp³-hybridized carbons (Fsp3) is 0.923. The van der Waals surface area contributed by atoms with Gasteiger partial charge in [0.25, 0.3) is 0 Å². The molecule has 0 unspecified atom stereocenters. The van der Waals surface area contributed by atoms with Crippen molar-refractivity contribution in [3.05, 3.63) is 0 Å². The molecule has 1 aliphatic carbocycles. The Morgan fingerprint density at radius 2 is 1.76 bits per heavy atom. The third-order valence-corrected chi connectivity index (χ3v) is 3.99. The quantitative estimate of drug-likeness (QED) is 0.760. The second-order valence-corrected chi connectivity index (χ2v) is 5.51. The lowest BCUT2D eigenvalue weighted by molar-refractivity contribution is -0.121. The van der Waals surface area contributed by atoms with Gasteiger partial charge in [0.1, 0.15) is 0 Å². The van der Waals surface area contributed by atoms with E-state index in [1.165, 1.54) is 25.7 Å². The van der Waals surface area contributed by atoms with E-state index in [2.05, 4.69) is 22.6 Å². The minimum Gasteiger partial charge on any atom is -0.352 e. The van der Waals surface area contributed by atoms with Crippen molar-refractivity contribution < 1.29 is 4.79 Å². The van der Waals surface area contributed by atoms with E-state index in [0.29, 0.717) is 18.6 Å². The molecule has 0 spiro atoms. The Labute approximate surface area is 104 Å². The molecule has 1 saturated carbocycles. The van der Waals surface area contributed by atoms with Crippen LogP contribution in [-0.4, -0.2) is 49.6 Å². The van der Waals surface area contributed by atoms with Crippen molar-refractivity contribution in [2.24, 2.45) is 0 Å². The van der Waals surface area contributed by atoms with Crippen molar-refractivity contribution in [2.75, 3.05) is 26.7 Å². The Hall–Kier alpha value is -0.610. The van der Waals surface area contributed by atoms with Gasteiger partial charge in [-0.3, -0.25) is 4.79 Å². The number of hydrogen-bond acceptors (Lipinski definition) is 3. The van der Waals surface area contributed by atoms with Crippen LogP contribution in [0.25, 0.3) is 0 Å². The molecule has 2 rings (SSSR count). The Bertz CT molecular complexity index is 243. The molecular weight excluding hydrogens is 214 g/mol. The summed E-state index contributed by atoms with van der Waals surface area (Å²) in [6, 6.07) is 0.974. The van der Waals surface area contributed by atoms with Crippen molar-refractivity contribution in [3.8, 4) is 0 Å². The minimum atomic E-state index is 0.177. The lowest BCUT2D eigenvalue weighted by Crippen LogP contribution is -2.46. The number of carbonyl (C=O) groups excluding carboxylic acids is 1. The smallest absolute Gasteiger partial charge is 0.234 e. The summed E-state index contributed by atoms with van der Waals surface area (Å²) >= 11 is 0. The van der Waals surface area contributed by atoms with Gasteiger partial charge in [0, 0.05) is 12.1 Å². The van der Waals surface area contributed by atoms with Gasteiger partial charge < -0.3 is 15.5 Å². The number of nitrogens with zero attached hydrogens (tertiary/aromatic N) is 1. The molecule has 4 nitrogen and oxygen atoms in total. The fourth-order valence-electron chi connectivity index (χ4n) is 2.80. The van der Waals surface area contributed by atoms with E-state index in [1.807, 2.05) is 0 Å². The lowest BCUT2D eigenvalue weighted by Gasteiger charge is -2.29. The van der Waals surface area contributed by atoms with Crippen LogP contribution in [0, 0.1) is 0 Å². The van der Waals surface area contributed by atoms with Crippen LogP contribution in [-0.2, 0) is 4.79 Å². The molecule has 1 aliphatic heterocycles. The van der Waals surface area contributed by atoms with Gasteiger partial charge in [-0.15, -0.1) is 0 Å². The van der Waals surface area contributed by atoms with Crippen molar-refractivity contribution in [1.29, 1.82) is 0 Å². The van der Waals surface area contributed by atoms with Crippen LogP contribution >= 0.6 is 0 Å². The van der Waals surface area contributed by atoms with Gasteiger partial charge in [-0.05, 0) is 45.8 Å². The molecule has 0 radical (unpaired) electrons. The highest BCUT2D eigenvalue weighted by Crippen LogP contribution is 2.17. The molecule has 0 atom stereocenters. The van der Waals surface area contributed by atoms with Crippen LogP contribution in [0.15, 0.2) is 0 Å². The standard InChI is InChI=1S/C13H25N3O/c1-16-8-6-11(7-9-16)14-10-13(17)15-12-4-2-3-5-12/h11-12,14H,2-10H2,1H3,(H,15,17). The van der Waals surface area contributed by atoms with E-state index in [4.69, 9.17) is 0 Å². The SMILES string of the molecule is CN1CCC(NCC(=O)NC2CCCC2)CC1. The normalized spacial score (nSPS) is 24.1. The molecule has 0 bridgehead atoms. The largest absolute Gasteiger partial charge is 0.352 e. The first-order chi connectivity index (χ1) is 8.24. The zero-order valence-electron chi connectivity index (χ0n) is 10.9. The van der Waals surface area contributed by atoms with E-state index in [1.54, 1.807) is 0 Å². The minimum absolute atomic E-state index is 0.177. The van der Waals surface area contributed by atoms with Gasteiger partial charge in [0.05, 0.1) is 6.54 Å². The molecule has 0 aromatic carbocycles. The van der Waals surface area contributed by atoms with E-state index < -0.39 is 0 Å². The Balaban J connectivity index is 1.59. The number of carbonyl (C=O) groups is 1. The molecule has 4 heteroatoms. The monoisotopic (exact) mass is 239 g/mol. The van der Waals surface area contributed by atoms with E-state index in [0.717, 1.165) is 25.9 Å². The zero-order chi connectivity index (χ0) is 12.1. The van der Waals surface area contributed by atoms with Crippen molar-refractivity contribution in [1.82, 2.24) is 15.5 Å². The first kappa shape index (κ1) is 12.8. The number of rotatable bonds is 4. The average Bonchev–Trinajstić information content (AvgIpc) is 2.81. The van der Waals surface area contributed by atoms with Gasteiger partial charge in [-0.25, -0.2) is 0 Å². The molecular formula is C13H25N3O. The Morgan fingerprint density at radius 1 is 1.12 bits per heavy atom. The summed E-state index contributed by atoms with van der Waals surface area (Å²) in [7, 11) is 2.16. The molecule has 98 valence electrons. The van der Waals surface area contributed by atoms with Crippen LogP contribution in [0.4, 0.5) is 0 Å². The Morgan fingerprint density at radius 3 is 2.41 bits per heavy atom. The van der Waals surface area contributed by atoms with Crippen LogP contribution in [0.1, 0.15) is 38.5 Å². The van der Waals surface area contributed by atoms with Gasteiger partial charge in [0.2, 0.25) is 5.91 Å². The van der Waals surface area contributed by atoms with Crippen molar-refractivity contribution in [2.45, 2.75) is 50.6 Å². The molecule has 0 aromatic rings. The summed E-state index contributed by atoms with van der Waals surface area (Å²) in [6.45, 7) is 2.77. The number of hydrogen-bond donors (Lipinski definition) is 2. The number of nitrogens with one attached hydrogen (secondary N) is 2. The second-order valence-electron chi connectivity index (χ2n) is 5.51. The maximum Gasteiger partial charge on any atom is 0.234 e. The summed E-state index contributed by atoms with van der Waals surface area (Å²) in [6.07, 6.45) is 7.20. The topological polar surface area (TPSA) is 44.4 Å². The van der Waals surface area contributed by atoms with Gasteiger partial charge in [-0.2, -0.15) is 0 Å². The molecule has 2 fully saturated rings. The first-order valence-electron chi connectivity index (χ1n) is 6.95. The highest BCUT2D eigenvalue weighted by Gasteiger charge is 2.19. The average molecular weight is 239 g/mol.